The van der Waals surface area contributed by atoms with Crippen molar-refractivity contribution >= 4 is 16.8 Å². The Morgan fingerprint density at radius 1 is 0.964 bits per heavy atom. The Hall–Kier alpha value is -2.23. The van der Waals surface area contributed by atoms with Crippen LogP contribution in [0, 0.1) is 10.2 Å². The molecule has 0 saturated heterocycles. The van der Waals surface area contributed by atoms with Crippen LogP contribution in [0.2, 0.25) is 0 Å². The summed E-state index contributed by atoms with van der Waals surface area (Å²) >= 11 is 0. The van der Waals surface area contributed by atoms with E-state index in [1.807, 2.05) is 54.6 Å². The topological polar surface area (TPSA) is 150 Å². The van der Waals surface area contributed by atoms with Gasteiger partial charge in [-0.05, 0) is 18.2 Å². The summed E-state index contributed by atoms with van der Waals surface area (Å²) in [5.74, 6) is 0.405. The monoisotopic (exact) mass is 453 g/mol. The standard InChI is InChI=1S/C18H16N2O2.ClHO4.Cu/c1-22-17-9-5-3-7-14(17)12-19-18(21)16-11-10-13-6-2-4-8-15(13)20-16;2-1(3,4)5;/h2-11H,12H2,1H3,(H,19,21);(H,2,3,4,5);/q;;+2/p-2. The number of fused-ring (bicyclic) bond motifs is 1. The number of nitrogens with zero attached hydrogens (tertiary/aromatic N) is 2. The van der Waals surface area contributed by atoms with Crippen molar-refractivity contribution in [2.45, 2.75) is 6.54 Å². The van der Waals surface area contributed by atoms with Gasteiger partial charge in [0.05, 0.1) is 24.9 Å². The van der Waals surface area contributed by atoms with Crippen LogP contribution in [0.25, 0.3) is 10.9 Å². The van der Waals surface area contributed by atoms with Gasteiger partial charge in [-0.3, -0.25) is 4.99 Å². The maximum Gasteiger partial charge on any atom is 2.00 e. The summed E-state index contributed by atoms with van der Waals surface area (Å²) in [5, 5.41) is 13.2. The molecule has 28 heavy (non-hydrogen) atoms. The van der Waals surface area contributed by atoms with Crippen molar-refractivity contribution < 1.29 is 55.8 Å². The molecule has 0 amide bonds. The molecule has 1 aromatic heterocycles. The van der Waals surface area contributed by atoms with E-state index in [9.17, 15) is 5.11 Å². The van der Waals surface area contributed by atoms with Gasteiger partial charge in [0.2, 0.25) is 0 Å². The molecule has 0 aliphatic rings. The first-order valence-electron chi connectivity index (χ1n) is 7.59. The van der Waals surface area contributed by atoms with Crippen molar-refractivity contribution in [2.24, 2.45) is 4.99 Å². The molecule has 0 atom stereocenters. The number of hydrogen-bond donors (Lipinski definition) is 0. The van der Waals surface area contributed by atoms with Gasteiger partial charge >= 0.3 is 17.1 Å². The fourth-order valence-electron chi connectivity index (χ4n) is 2.26. The summed E-state index contributed by atoms with van der Waals surface area (Å²) in [5.41, 5.74) is 2.02. The average Bonchev–Trinajstić information content (AvgIpc) is 2.64. The van der Waals surface area contributed by atoms with E-state index < -0.39 is 10.2 Å². The molecule has 151 valence electrons. The quantitative estimate of drug-likeness (QED) is 0.246. The Balaban J connectivity index is 0.000000584. The Morgan fingerprint density at radius 3 is 2.25 bits per heavy atom. The minimum Gasteiger partial charge on any atom is -0.857 e. The zero-order chi connectivity index (χ0) is 19.9. The molecule has 0 spiro atoms. The van der Waals surface area contributed by atoms with Crippen LogP contribution in [0.1, 0.15) is 11.3 Å². The fraction of sp³-hybridized carbons (Fsp3) is 0.111. The van der Waals surface area contributed by atoms with Crippen LogP contribution in [-0.2, 0) is 23.6 Å². The molecule has 1 radical (unpaired) electrons. The van der Waals surface area contributed by atoms with E-state index in [0.29, 0.717) is 5.69 Å². The first-order valence-corrected chi connectivity index (χ1v) is 8.82. The summed E-state index contributed by atoms with van der Waals surface area (Å²) in [6, 6.07) is 18.8. The molecule has 0 aliphatic heterocycles. The van der Waals surface area contributed by atoms with Crippen LogP contribution in [0.4, 0.5) is 0 Å². The minimum absolute atomic E-state index is 0. The molecule has 3 rings (SSSR count). The smallest absolute Gasteiger partial charge is 0.857 e. The molecule has 8 nitrogen and oxygen atoms in total. The first-order chi connectivity index (χ1) is 12.8. The first kappa shape index (κ1) is 23.8. The van der Waals surface area contributed by atoms with Gasteiger partial charge in [-0.2, -0.15) is 0 Å². The Bertz CT molecular complexity index is 927. The Morgan fingerprint density at radius 2 is 1.57 bits per heavy atom. The van der Waals surface area contributed by atoms with Crippen LogP contribution >= 0.6 is 0 Å². The van der Waals surface area contributed by atoms with Gasteiger partial charge in [0.25, 0.3) is 0 Å². The predicted molar refractivity (Wildman–Crippen MR) is 85.0 cm³/mol. The molecule has 2 aromatic carbocycles. The zero-order valence-corrected chi connectivity index (χ0v) is 16.2. The summed E-state index contributed by atoms with van der Waals surface area (Å²) in [6.45, 7) is 0.275. The van der Waals surface area contributed by atoms with E-state index in [1.54, 1.807) is 13.2 Å². The van der Waals surface area contributed by atoms with Gasteiger partial charge < -0.3 is 9.84 Å². The molecule has 10 heteroatoms. The van der Waals surface area contributed by atoms with Gasteiger partial charge in [0.1, 0.15) is 5.75 Å². The molecule has 0 fully saturated rings. The largest absolute Gasteiger partial charge is 2.00 e. The van der Waals surface area contributed by atoms with Gasteiger partial charge in [-0.1, -0.05) is 42.5 Å². The van der Waals surface area contributed by atoms with Crippen molar-refractivity contribution in [3.8, 4) is 5.75 Å². The summed E-state index contributed by atoms with van der Waals surface area (Å²) in [7, 11) is -3.34. The van der Waals surface area contributed by atoms with Crippen molar-refractivity contribution in [3.63, 3.8) is 0 Å². The average molecular weight is 454 g/mol. The van der Waals surface area contributed by atoms with E-state index in [-0.39, 0.29) is 29.5 Å². The molecule has 1 heterocycles. The SMILES string of the molecule is COc1ccccc1CN=C([O-])c1ccc2ccccc2n1.[Cu+2].[O-][Cl+3]([O-])([O-])[O-]. The van der Waals surface area contributed by atoms with Gasteiger partial charge in [-0.25, -0.2) is 23.6 Å². The number of benzene rings is 2. The van der Waals surface area contributed by atoms with E-state index in [2.05, 4.69) is 9.98 Å². The molecule has 0 aliphatic carbocycles. The maximum absolute atomic E-state index is 12.2. The summed E-state index contributed by atoms with van der Waals surface area (Å²) in [4.78, 5) is 8.45. The third kappa shape index (κ3) is 7.79. The number of para-hydroxylation sites is 2. The Labute approximate surface area is 174 Å². The number of halogens is 1. The van der Waals surface area contributed by atoms with E-state index in [0.717, 1.165) is 22.2 Å². The molecule has 0 bridgehead atoms. The number of hydrogen-bond acceptors (Lipinski definition) is 8. The number of methoxy groups -OCH3 is 1. The van der Waals surface area contributed by atoms with Crippen LogP contribution in [-0.4, -0.2) is 18.0 Å². The minimum atomic E-state index is -4.94. The van der Waals surface area contributed by atoms with E-state index in [4.69, 9.17) is 23.4 Å². The van der Waals surface area contributed by atoms with Gasteiger partial charge in [0.15, 0.2) is 0 Å². The van der Waals surface area contributed by atoms with Gasteiger partial charge in [-0.15, -0.1) is 10.2 Å². The third-order valence-electron chi connectivity index (χ3n) is 3.40. The Kier molecular flexibility index (Phi) is 9.30. The van der Waals surface area contributed by atoms with Crippen LogP contribution < -0.4 is 28.5 Å². The van der Waals surface area contributed by atoms with Crippen molar-refractivity contribution in [3.05, 3.63) is 71.9 Å². The molecule has 0 saturated carbocycles. The van der Waals surface area contributed by atoms with Crippen molar-refractivity contribution in [2.75, 3.05) is 7.11 Å². The van der Waals surface area contributed by atoms with Crippen molar-refractivity contribution in [1.29, 1.82) is 0 Å². The maximum atomic E-state index is 12.2. The molecular formula is C18H15ClCuN2O6. The number of aliphatic imine (C=N–C) groups is 1. The predicted octanol–water partition coefficient (Wildman–Crippen LogP) is -2.21. The fourth-order valence-corrected chi connectivity index (χ4v) is 2.26. The zero-order valence-electron chi connectivity index (χ0n) is 14.5. The second kappa shape index (κ2) is 10.9. The van der Waals surface area contributed by atoms with Crippen LogP contribution in [0.5, 0.6) is 5.75 Å². The van der Waals surface area contributed by atoms with E-state index >= 15 is 0 Å². The second-order valence-electron chi connectivity index (χ2n) is 5.20. The molecule has 0 unspecified atom stereocenters. The van der Waals surface area contributed by atoms with Gasteiger partial charge in [0, 0.05) is 16.8 Å². The van der Waals surface area contributed by atoms with E-state index in [1.165, 1.54) is 0 Å². The number of ether oxygens (including phenoxy) is 1. The van der Waals surface area contributed by atoms with Crippen LogP contribution in [0.3, 0.4) is 0 Å². The van der Waals surface area contributed by atoms with Crippen molar-refractivity contribution in [1.82, 2.24) is 4.98 Å². The number of pyridine rings is 1. The summed E-state index contributed by atoms with van der Waals surface area (Å²) < 4.78 is 39.2. The summed E-state index contributed by atoms with van der Waals surface area (Å²) in [6.07, 6.45) is 0. The third-order valence-corrected chi connectivity index (χ3v) is 3.40. The number of rotatable bonds is 4. The molecule has 3 aromatic rings. The molecular weight excluding hydrogens is 439 g/mol. The van der Waals surface area contributed by atoms with Crippen LogP contribution in [0.15, 0.2) is 65.7 Å². The second-order valence-corrected chi connectivity index (χ2v) is 5.96. The number of aromatic nitrogens is 1. The molecule has 0 N–H and O–H groups in total. The normalized spacial score (nSPS) is 11.2.